The maximum Gasteiger partial charge on any atom is 0.0431 e. The smallest absolute Gasteiger partial charge is 0.0431 e. The molecule has 0 radical (unpaired) electrons. The zero-order valence-corrected chi connectivity index (χ0v) is 9.04. The minimum Gasteiger partial charge on any atom is -0.396 e. The van der Waals surface area contributed by atoms with Crippen LogP contribution in [0.25, 0.3) is 0 Å². The predicted molar refractivity (Wildman–Crippen MR) is 58.2 cm³/mol. The number of hydrogen-bond donors (Lipinski definition) is 2. The third-order valence-corrected chi connectivity index (χ3v) is 4.08. The van der Waals surface area contributed by atoms with Gasteiger partial charge in [-0.3, -0.25) is 0 Å². The van der Waals surface area contributed by atoms with E-state index in [9.17, 15) is 0 Å². The van der Waals surface area contributed by atoms with Gasteiger partial charge in [0.1, 0.15) is 0 Å². The molecule has 2 unspecified atom stereocenters. The average molecular weight is 197 g/mol. The van der Waals surface area contributed by atoms with Crippen molar-refractivity contribution in [1.82, 2.24) is 5.32 Å². The van der Waals surface area contributed by atoms with Gasteiger partial charge < -0.3 is 10.4 Å². The van der Waals surface area contributed by atoms with Gasteiger partial charge in [-0.25, -0.2) is 0 Å². The SMILES string of the molecule is OCCCC(C1CCCC1)C1CCN1. The normalized spacial score (nSPS) is 30.2. The van der Waals surface area contributed by atoms with Crippen molar-refractivity contribution in [3.05, 3.63) is 0 Å². The van der Waals surface area contributed by atoms with Crippen LogP contribution < -0.4 is 5.32 Å². The Morgan fingerprint density at radius 1 is 1.21 bits per heavy atom. The van der Waals surface area contributed by atoms with Crippen LogP contribution in [0.3, 0.4) is 0 Å². The summed E-state index contributed by atoms with van der Waals surface area (Å²) >= 11 is 0. The Kier molecular flexibility index (Phi) is 3.82. The number of hydrogen-bond acceptors (Lipinski definition) is 2. The van der Waals surface area contributed by atoms with Crippen molar-refractivity contribution in [2.45, 2.75) is 51.0 Å². The summed E-state index contributed by atoms with van der Waals surface area (Å²) in [5, 5.41) is 12.5. The van der Waals surface area contributed by atoms with Crippen LogP contribution in [0.2, 0.25) is 0 Å². The molecule has 1 aliphatic carbocycles. The van der Waals surface area contributed by atoms with Crippen LogP contribution in [0.1, 0.15) is 44.9 Å². The van der Waals surface area contributed by atoms with Crippen LogP contribution >= 0.6 is 0 Å². The Morgan fingerprint density at radius 2 is 1.93 bits per heavy atom. The summed E-state index contributed by atoms with van der Waals surface area (Å²) < 4.78 is 0. The Balaban J connectivity index is 1.83. The molecule has 0 aromatic rings. The molecule has 2 nitrogen and oxygen atoms in total. The molecule has 82 valence electrons. The summed E-state index contributed by atoms with van der Waals surface area (Å²) in [5.74, 6) is 1.82. The second-order valence-corrected chi connectivity index (χ2v) is 4.92. The van der Waals surface area contributed by atoms with Crippen LogP contribution in [-0.4, -0.2) is 24.3 Å². The van der Waals surface area contributed by atoms with Crippen LogP contribution in [0, 0.1) is 11.8 Å². The van der Waals surface area contributed by atoms with Crippen molar-refractivity contribution in [2.24, 2.45) is 11.8 Å². The van der Waals surface area contributed by atoms with Crippen LogP contribution in [0.5, 0.6) is 0 Å². The molecule has 0 bridgehead atoms. The van der Waals surface area contributed by atoms with Crippen LogP contribution in [0.4, 0.5) is 0 Å². The monoisotopic (exact) mass is 197 g/mol. The highest BCUT2D eigenvalue weighted by molar-refractivity contribution is 4.89. The molecule has 0 aromatic heterocycles. The molecule has 1 heterocycles. The first-order valence-corrected chi connectivity index (χ1v) is 6.26. The molecule has 2 atom stereocenters. The van der Waals surface area contributed by atoms with Gasteiger partial charge in [0.05, 0.1) is 0 Å². The summed E-state index contributed by atoms with van der Waals surface area (Å²) in [6.45, 7) is 1.59. The highest BCUT2D eigenvalue weighted by Gasteiger charge is 2.33. The fourth-order valence-corrected chi connectivity index (χ4v) is 3.15. The first kappa shape index (κ1) is 10.4. The van der Waals surface area contributed by atoms with Crippen molar-refractivity contribution in [1.29, 1.82) is 0 Å². The summed E-state index contributed by atoms with van der Waals surface area (Å²) in [6, 6.07) is 0.782. The van der Waals surface area contributed by atoms with E-state index < -0.39 is 0 Å². The molecule has 2 N–H and O–H groups in total. The largest absolute Gasteiger partial charge is 0.396 e. The molecular formula is C12H23NO. The summed E-state index contributed by atoms with van der Waals surface area (Å²) in [4.78, 5) is 0. The highest BCUT2D eigenvalue weighted by atomic mass is 16.2. The molecule has 2 heteroatoms. The first-order valence-electron chi connectivity index (χ1n) is 6.26. The van der Waals surface area contributed by atoms with Gasteiger partial charge in [-0.2, -0.15) is 0 Å². The Morgan fingerprint density at radius 3 is 2.43 bits per heavy atom. The molecule has 0 spiro atoms. The average Bonchev–Trinajstić information content (AvgIpc) is 2.61. The van der Waals surface area contributed by atoms with E-state index in [0.717, 1.165) is 24.3 Å². The van der Waals surface area contributed by atoms with Gasteiger partial charge in [0, 0.05) is 12.6 Å². The summed E-state index contributed by atoms with van der Waals surface area (Å²) in [5.41, 5.74) is 0. The number of rotatable bonds is 5. The van der Waals surface area contributed by atoms with E-state index in [4.69, 9.17) is 5.11 Å². The van der Waals surface area contributed by atoms with Gasteiger partial charge in [0.15, 0.2) is 0 Å². The van der Waals surface area contributed by atoms with Crippen molar-refractivity contribution in [3.8, 4) is 0 Å². The lowest BCUT2D eigenvalue weighted by Gasteiger charge is -2.38. The lowest BCUT2D eigenvalue weighted by Crippen LogP contribution is -2.49. The van der Waals surface area contributed by atoms with E-state index in [1.165, 1.54) is 45.1 Å². The van der Waals surface area contributed by atoms with E-state index in [1.54, 1.807) is 0 Å². The molecule has 14 heavy (non-hydrogen) atoms. The van der Waals surface area contributed by atoms with Crippen LogP contribution in [0.15, 0.2) is 0 Å². The van der Waals surface area contributed by atoms with Gasteiger partial charge in [-0.05, 0) is 37.6 Å². The minimum absolute atomic E-state index is 0.371. The third-order valence-electron chi connectivity index (χ3n) is 4.08. The van der Waals surface area contributed by atoms with Gasteiger partial charge in [0.2, 0.25) is 0 Å². The third kappa shape index (κ3) is 2.29. The van der Waals surface area contributed by atoms with Gasteiger partial charge in [0.25, 0.3) is 0 Å². The van der Waals surface area contributed by atoms with Crippen molar-refractivity contribution in [3.63, 3.8) is 0 Å². The second-order valence-electron chi connectivity index (χ2n) is 4.92. The number of aliphatic hydroxyl groups excluding tert-OH is 1. The quantitative estimate of drug-likeness (QED) is 0.706. The standard InChI is InChI=1S/C12H23NO/c14-9-3-6-11(12-7-8-13-12)10-4-1-2-5-10/h10-14H,1-9H2. The van der Waals surface area contributed by atoms with E-state index >= 15 is 0 Å². The number of nitrogens with one attached hydrogen (secondary N) is 1. The molecular weight excluding hydrogens is 174 g/mol. The molecule has 1 aliphatic heterocycles. The Labute approximate surface area is 87.1 Å². The van der Waals surface area contributed by atoms with E-state index in [-0.39, 0.29) is 0 Å². The molecule has 0 aromatic carbocycles. The van der Waals surface area contributed by atoms with E-state index in [1.807, 2.05) is 0 Å². The topological polar surface area (TPSA) is 32.3 Å². The van der Waals surface area contributed by atoms with Crippen molar-refractivity contribution >= 4 is 0 Å². The van der Waals surface area contributed by atoms with Gasteiger partial charge in [-0.15, -0.1) is 0 Å². The minimum atomic E-state index is 0.371. The molecule has 0 amide bonds. The molecule has 2 fully saturated rings. The predicted octanol–water partition coefficient (Wildman–Crippen LogP) is 1.93. The zero-order valence-electron chi connectivity index (χ0n) is 9.04. The molecule has 1 saturated heterocycles. The molecule has 1 saturated carbocycles. The summed E-state index contributed by atoms with van der Waals surface area (Å²) in [6.07, 6.45) is 9.35. The lowest BCUT2D eigenvalue weighted by molar-refractivity contribution is 0.164. The Hall–Kier alpha value is -0.0800. The lowest BCUT2D eigenvalue weighted by atomic mass is 9.78. The molecule has 2 aliphatic rings. The van der Waals surface area contributed by atoms with Crippen LogP contribution in [-0.2, 0) is 0 Å². The fraction of sp³-hybridized carbons (Fsp3) is 1.00. The zero-order chi connectivity index (χ0) is 9.80. The van der Waals surface area contributed by atoms with Gasteiger partial charge in [-0.1, -0.05) is 25.7 Å². The maximum absolute atomic E-state index is 8.91. The highest BCUT2D eigenvalue weighted by Crippen LogP contribution is 2.37. The van der Waals surface area contributed by atoms with E-state index in [2.05, 4.69) is 5.32 Å². The molecule has 2 rings (SSSR count). The first-order chi connectivity index (χ1) is 6.92. The van der Waals surface area contributed by atoms with Crippen molar-refractivity contribution in [2.75, 3.05) is 13.2 Å². The maximum atomic E-state index is 8.91. The van der Waals surface area contributed by atoms with Crippen molar-refractivity contribution < 1.29 is 5.11 Å². The summed E-state index contributed by atoms with van der Waals surface area (Å²) in [7, 11) is 0. The second kappa shape index (κ2) is 5.13. The fourth-order valence-electron chi connectivity index (χ4n) is 3.15. The van der Waals surface area contributed by atoms with E-state index in [0.29, 0.717) is 6.61 Å². The number of aliphatic hydroxyl groups is 1. The Bertz CT molecular complexity index is 162. The van der Waals surface area contributed by atoms with Gasteiger partial charge >= 0.3 is 0 Å².